The van der Waals surface area contributed by atoms with Gasteiger partial charge in [-0.2, -0.15) is 0 Å². The van der Waals surface area contributed by atoms with E-state index in [1.165, 1.54) is 0 Å². The van der Waals surface area contributed by atoms with Crippen molar-refractivity contribution < 1.29 is 28.5 Å². The second-order valence-corrected chi connectivity index (χ2v) is 7.10. The van der Waals surface area contributed by atoms with Crippen molar-refractivity contribution in [1.29, 1.82) is 0 Å². The van der Waals surface area contributed by atoms with Gasteiger partial charge in [-0.1, -0.05) is 0 Å². The zero-order chi connectivity index (χ0) is 19.7. The number of hydrogen-bond acceptors (Lipinski definition) is 6. The molecule has 2 aromatic rings. The molecular weight excluding hydrogens is 362 g/mol. The third-order valence-electron chi connectivity index (χ3n) is 5.23. The minimum absolute atomic E-state index is 0.133. The maximum Gasteiger partial charge on any atom is 0.338 e. The summed E-state index contributed by atoms with van der Waals surface area (Å²) in [5.41, 5.74) is 2.77. The van der Waals surface area contributed by atoms with Crippen LogP contribution in [-0.4, -0.2) is 42.4 Å². The van der Waals surface area contributed by atoms with Crippen molar-refractivity contribution in [3.05, 3.63) is 46.8 Å². The topological polar surface area (TPSA) is 76.0 Å². The van der Waals surface area contributed by atoms with Crippen molar-refractivity contribution in [2.24, 2.45) is 0 Å². The Kier molecular flexibility index (Phi) is 5.09. The number of esters is 1. The molecule has 28 heavy (non-hydrogen) atoms. The van der Waals surface area contributed by atoms with Gasteiger partial charge in [-0.3, -0.25) is 4.79 Å². The fraction of sp³-hybridized carbons (Fsp3) is 0.429. The van der Waals surface area contributed by atoms with Crippen LogP contribution < -0.4 is 9.47 Å². The van der Waals surface area contributed by atoms with Crippen molar-refractivity contribution >= 4 is 11.8 Å². The largest absolute Gasteiger partial charge is 0.454 e. The molecule has 1 fully saturated rings. The lowest BCUT2D eigenvalue weighted by molar-refractivity contribution is 0.0474. The quantitative estimate of drug-likeness (QED) is 0.562. The molecule has 0 N–H and O–H groups in total. The van der Waals surface area contributed by atoms with Crippen molar-refractivity contribution in [2.75, 3.05) is 20.0 Å². The molecule has 7 heteroatoms. The predicted molar refractivity (Wildman–Crippen MR) is 100 cm³/mol. The lowest BCUT2D eigenvalue weighted by Crippen LogP contribution is -2.18. The van der Waals surface area contributed by atoms with Gasteiger partial charge in [0.25, 0.3) is 0 Å². The molecule has 1 aromatic carbocycles. The van der Waals surface area contributed by atoms with E-state index in [9.17, 15) is 9.59 Å². The maximum absolute atomic E-state index is 12.6. The lowest BCUT2D eigenvalue weighted by Gasteiger charge is -2.14. The number of benzene rings is 1. The van der Waals surface area contributed by atoms with Gasteiger partial charge in [0.2, 0.25) is 12.6 Å². The summed E-state index contributed by atoms with van der Waals surface area (Å²) in [5.74, 6) is 0.297. The summed E-state index contributed by atoms with van der Waals surface area (Å²) in [6, 6.07) is 6.65. The Bertz CT molecular complexity index is 910. The van der Waals surface area contributed by atoms with Crippen molar-refractivity contribution in [3.8, 4) is 11.5 Å². The van der Waals surface area contributed by atoms with E-state index in [0.29, 0.717) is 22.6 Å². The smallest absolute Gasteiger partial charge is 0.338 e. The summed E-state index contributed by atoms with van der Waals surface area (Å²) in [4.78, 5) is 24.9. The lowest BCUT2D eigenvalue weighted by atomic mass is 10.1. The Morgan fingerprint density at radius 3 is 2.79 bits per heavy atom. The highest BCUT2D eigenvalue weighted by Crippen LogP contribution is 2.32. The molecule has 7 nitrogen and oxygen atoms in total. The van der Waals surface area contributed by atoms with E-state index >= 15 is 0 Å². The standard InChI is InChI=1S/C21H23NO6/c1-13-8-17(14(2)22(13)10-16-4-3-7-25-16)18(23)11-26-21(24)15-5-6-19-20(9-15)28-12-27-19/h5-6,8-9,16H,3-4,7,10-12H2,1-2H3/t16-/m0/s1. The van der Waals surface area contributed by atoms with E-state index in [1.807, 2.05) is 19.9 Å². The van der Waals surface area contributed by atoms with Gasteiger partial charge in [-0.25, -0.2) is 4.79 Å². The molecule has 0 spiro atoms. The molecule has 148 valence electrons. The van der Waals surface area contributed by atoms with Crippen LogP contribution >= 0.6 is 0 Å². The monoisotopic (exact) mass is 385 g/mol. The van der Waals surface area contributed by atoms with Crippen LogP contribution in [0, 0.1) is 13.8 Å². The highest BCUT2D eigenvalue weighted by atomic mass is 16.7. The summed E-state index contributed by atoms with van der Waals surface area (Å²) >= 11 is 0. The molecule has 3 heterocycles. The summed E-state index contributed by atoms with van der Waals surface area (Å²) < 4.78 is 23.5. The molecule has 0 unspecified atom stereocenters. The zero-order valence-corrected chi connectivity index (χ0v) is 16.0. The SMILES string of the molecule is Cc1cc(C(=O)COC(=O)c2ccc3c(c2)OCO3)c(C)n1C[C@@H]1CCCO1. The van der Waals surface area contributed by atoms with Crippen molar-refractivity contribution in [2.45, 2.75) is 39.3 Å². The predicted octanol–water partition coefficient (Wildman–Crippen LogP) is 3.05. The van der Waals surface area contributed by atoms with Gasteiger partial charge >= 0.3 is 5.97 Å². The number of ether oxygens (including phenoxy) is 4. The van der Waals surface area contributed by atoms with Gasteiger partial charge in [-0.05, 0) is 51.0 Å². The van der Waals surface area contributed by atoms with Gasteiger partial charge in [-0.15, -0.1) is 0 Å². The van der Waals surface area contributed by atoms with E-state index in [4.69, 9.17) is 18.9 Å². The first-order valence-corrected chi connectivity index (χ1v) is 9.41. The first-order valence-electron chi connectivity index (χ1n) is 9.41. The molecule has 2 aliphatic heterocycles. The molecule has 0 amide bonds. The fourth-order valence-electron chi connectivity index (χ4n) is 3.67. The third-order valence-corrected chi connectivity index (χ3v) is 5.23. The van der Waals surface area contributed by atoms with Crippen LogP contribution in [0.25, 0.3) is 0 Å². The minimum Gasteiger partial charge on any atom is -0.454 e. The van der Waals surface area contributed by atoms with Crippen LogP contribution in [0.2, 0.25) is 0 Å². The average molecular weight is 385 g/mol. The van der Waals surface area contributed by atoms with Crippen LogP contribution in [0.3, 0.4) is 0 Å². The molecular formula is C21H23NO6. The van der Waals surface area contributed by atoms with E-state index in [2.05, 4.69) is 4.57 Å². The summed E-state index contributed by atoms with van der Waals surface area (Å²) in [6.45, 7) is 5.24. The molecule has 1 atom stereocenters. The fourth-order valence-corrected chi connectivity index (χ4v) is 3.67. The average Bonchev–Trinajstić information content (AvgIpc) is 3.42. The number of carbonyl (C=O) groups excluding carboxylic acids is 2. The highest BCUT2D eigenvalue weighted by Gasteiger charge is 2.22. The van der Waals surface area contributed by atoms with Gasteiger partial charge in [0.05, 0.1) is 11.7 Å². The molecule has 0 bridgehead atoms. The second kappa shape index (κ2) is 7.67. The number of carbonyl (C=O) groups is 2. The van der Waals surface area contributed by atoms with Crippen LogP contribution in [-0.2, 0) is 16.0 Å². The highest BCUT2D eigenvalue weighted by molar-refractivity contribution is 6.00. The van der Waals surface area contributed by atoms with Crippen LogP contribution in [0.15, 0.2) is 24.3 Å². The number of Topliss-reactive ketones (excluding diaryl/α,β-unsaturated/α-hetero) is 1. The van der Waals surface area contributed by atoms with Crippen LogP contribution in [0.1, 0.15) is 44.9 Å². The molecule has 0 saturated carbocycles. The number of aryl methyl sites for hydroxylation is 1. The number of ketones is 1. The normalized spacial score (nSPS) is 17.7. The zero-order valence-electron chi connectivity index (χ0n) is 16.0. The molecule has 1 saturated heterocycles. The summed E-state index contributed by atoms with van der Waals surface area (Å²) in [6.07, 6.45) is 2.30. The van der Waals surface area contributed by atoms with Crippen LogP contribution in [0.5, 0.6) is 11.5 Å². The van der Waals surface area contributed by atoms with Gasteiger partial charge in [0, 0.05) is 30.1 Å². The van der Waals surface area contributed by atoms with E-state index in [0.717, 1.165) is 37.4 Å². The van der Waals surface area contributed by atoms with Crippen molar-refractivity contribution in [1.82, 2.24) is 4.57 Å². The Morgan fingerprint density at radius 2 is 2.00 bits per heavy atom. The Labute approximate surface area is 163 Å². The summed E-state index contributed by atoms with van der Waals surface area (Å²) in [7, 11) is 0. The number of hydrogen-bond donors (Lipinski definition) is 0. The van der Waals surface area contributed by atoms with Gasteiger partial charge in [0.15, 0.2) is 18.1 Å². The van der Waals surface area contributed by atoms with Crippen LogP contribution in [0.4, 0.5) is 0 Å². The number of fused-ring (bicyclic) bond motifs is 1. The maximum atomic E-state index is 12.6. The molecule has 1 aromatic heterocycles. The van der Waals surface area contributed by atoms with E-state index in [1.54, 1.807) is 18.2 Å². The Hall–Kier alpha value is -2.80. The van der Waals surface area contributed by atoms with Gasteiger partial charge < -0.3 is 23.5 Å². The van der Waals surface area contributed by atoms with E-state index in [-0.39, 0.29) is 25.3 Å². The molecule has 4 rings (SSSR count). The second-order valence-electron chi connectivity index (χ2n) is 7.10. The number of nitrogens with zero attached hydrogens (tertiary/aromatic N) is 1. The summed E-state index contributed by atoms with van der Waals surface area (Å²) in [5, 5.41) is 0. The Morgan fingerprint density at radius 1 is 1.18 bits per heavy atom. The number of rotatable bonds is 6. The molecule has 2 aliphatic rings. The number of aromatic nitrogens is 1. The first-order chi connectivity index (χ1) is 13.5. The minimum atomic E-state index is -0.570. The third kappa shape index (κ3) is 3.62. The molecule has 0 aliphatic carbocycles. The first kappa shape index (κ1) is 18.6. The van der Waals surface area contributed by atoms with Gasteiger partial charge in [0.1, 0.15) is 0 Å². The molecule has 0 radical (unpaired) electrons. The van der Waals surface area contributed by atoms with Crippen molar-refractivity contribution in [3.63, 3.8) is 0 Å². The van der Waals surface area contributed by atoms with E-state index < -0.39 is 5.97 Å². The Balaban J connectivity index is 1.40.